The van der Waals surface area contributed by atoms with Crippen molar-refractivity contribution in [1.82, 2.24) is 0 Å². The van der Waals surface area contributed by atoms with Crippen molar-refractivity contribution in [2.45, 2.75) is 34.6 Å². The molecule has 0 saturated heterocycles. The molecule has 0 aliphatic carbocycles. The quantitative estimate of drug-likeness (QED) is 0.494. The number of carbonyl (C=O) groups is 1. The van der Waals surface area contributed by atoms with Crippen LogP contribution in [0.3, 0.4) is 0 Å². The molecule has 0 radical (unpaired) electrons. The van der Waals surface area contributed by atoms with Crippen molar-refractivity contribution in [2.24, 2.45) is 0 Å². The minimum Gasteiger partial charge on any atom is -0.478 e. The Morgan fingerprint density at radius 3 is 1.50 bits per heavy atom. The molecule has 0 rings (SSSR count). The molecule has 0 atom stereocenters. The van der Waals surface area contributed by atoms with Crippen molar-refractivity contribution in [3.63, 3.8) is 0 Å². The summed E-state index contributed by atoms with van der Waals surface area (Å²) in [6, 6.07) is 0. The lowest BCUT2D eigenvalue weighted by Crippen LogP contribution is -1.87. The van der Waals surface area contributed by atoms with Crippen LogP contribution >= 0.6 is 0 Å². The molecule has 0 spiro atoms. The van der Waals surface area contributed by atoms with E-state index in [1.165, 1.54) is 17.2 Å². The largest absolute Gasteiger partial charge is 0.478 e. The Kier molecular flexibility index (Phi) is 10.1. The number of aliphatic carboxylic acids is 1. The predicted molar refractivity (Wildman–Crippen MR) is 95.8 cm³/mol. The zero-order valence-corrected chi connectivity index (χ0v) is 14.1. The molecular weight excluding hydrogens is 272 g/mol. The lowest BCUT2D eigenvalue weighted by atomic mass is 10.2. The van der Waals surface area contributed by atoms with Gasteiger partial charge in [0.2, 0.25) is 0 Å². The van der Waals surface area contributed by atoms with E-state index in [9.17, 15) is 4.79 Å². The highest BCUT2D eigenvalue weighted by Gasteiger charge is 1.88. The van der Waals surface area contributed by atoms with E-state index in [4.69, 9.17) is 5.11 Å². The van der Waals surface area contributed by atoms with Gasteiger partial charge in [-0.25, -0.2) is 4.79 Å². The molecule has 0 amide bonds. The average Bonchev–Trinajstić information content (AvgIpc) is 2.37. The van der Waals surface area contributed by atoms with Gasteiger partial charge in [0.25, 0.3) is 0 Å². The summed E-state index contributed by atoms with van der Waals surface area (Å²) in [5, 5.41) is 8.60. The van der Waals surface area contributed by atoms with E-state index >= 15 is 0 Å². The predicted octanol–water partition coefficient (Wildman–Crippen LogP) is 5.54. The first kappa shape index (κ1) is 19.7. The van der Waals surface area contributed by atoms with Gasteiger partial charge >= 0.3 is 5.97 Å². The number of carboxylic acids is 1. The van der Waals surface area contributed by atoms with Crippen LogP contribution in [0.4, 0.5) is 0 Å². The van der Waals surface area contributed by atoms with Gasteiger partial charge in [0.15, 0.2) is 0 Å². The topological polar surface area (TPSA) is 37.3 Å². The Morgan fingerprint density at radius 2 is 1.09 bits per heavy atom. The zero-order chi connectivity index (χ0) is 17.0. The van der Waals surface area contributed by atoms with Crippen LogP contribution in [0.25, 0.3) is 0 Å². The van der Waals surface area contributed by atoms with Crippen molar-refractivity contribution in [2.75, 3.05) is 0 Å². The highest BCUT2D eigenvalue weighted by atomic mass is 16.4. The molecule has 0 saturated carbocycles. The fraction of sp³-hybridized carbons (Fsp3) is 0.250. The second kappa shape index (κ2) is 11.3. The van der Waals surface area contributed by atoms with E-state index in [-0.39, 0.29) is 0 Å². The van der Waals surface area contributed by atoms with Gasteiger partial charge in [-0.2, -0.15) is 0 Å². The summed E-state index contributed by atoms with van der Waals surface area (Å²) in [6.07, 6.45) is 19.0. The fourth-order valence-electron chi connectivity index (χ4n) is 1.45. The van der Waals surface area contributed by atoms with Crippen molar-refractivity contribution < 1.29 is 9.90 Å². The third-order valence-electron chi connectivity index (χ3n) is 2.58. The van der Waals surface area contributed by atoms with Gasteiger partial charge in [-0.1, -0.05) is 71.4 Å². The molecule has 0 aromatic rings. The average molecular weight is 298 g/mol. The molecule has 118 valence electrons. The maximum Gasteiger partial charge on any atom is 0.328 e. The normalized spacial score (nSPS) is 14.3. The van der Waals surface area contributed by atoms with E-state index in [0.717, 1.165) is 5.57 Å². The van der Waals surface area contributed by atoms with Gasteiger partial charge in [0.1, 0.15) is 0 Å². The van der Waals surface area contributed by atoms with E-state index in [1.807, 2.05) is 43.4 Å². The smallest absolute Gasteiger partial charge is 0.328 e. The first-order valence-corrected chi connectivity index (χ1v) is 7.24. The molecule has 2 heteroatoms. The standard InChI is InChI=1S/C20H26O2/c1-16(2)9-6-10-17(3)11-7-12-18(4)13-8-14-19(5)15-20(21)22/h6-15H,1-5H3,(H,21,22). The van der Waals surface area contributed by atoms with Crippen LogP contribution in [0.2, 0.25) is 0 Å². The van der Waals surface area contributed by atoms with E-state index in [2.05, 4.69) is 32.9 Å². The van der Waals surface area contributed by atoms with Crippen LogP contribution in [0.15, 0.2) is 83.1 Å². The second-order valence-corrected chi connectivity index (χ2v) is 5.37. The van der Waals surface area contributed by atoms with Crippen LogP contribution in [0, 0.1) is 0 Å². The Balaban J connectivity index is 4.58. The molecule has 0 aromatic carbocycles. The van der Waals surface area contributed by atoms with Crippen molar-refractivity contribution in [1.29, 1.82) is 0 Å². The molecular formula is C20H26O2. The van der Waals surface area contributed by atoms with Crippen molar-refractivity contribution >= 4 is 5.97 Å². The number of allylic oxidation sites excluding steroid dienone is 13. The second-order valence-electron chi connectivity index (χ2n) is 5.37. The summed E-state index contributed by atoms with van der Waals surface area (Å²) in [7, 11) is 0. The fourth-order valence-corrected chi connectivity index (χ4v) is 1.45. The molecule has 22 heavy (non-hydrogen) atoms. The van der Waals surface area contributed by atoms with E-state index in [1.54, 1.807) is 13.0 Å². The van der Waals surface area contributed by atoms with Crippen LogP contribution < -0.4 is 0 Å². The lowest BCUT2D eigenvalue weighted by Gasteiger charge is -1.91. The molecule has 0 unspecified atom stereocenters. The monoisotopic (exact) mass is 298 g/mol. The third kappa shape index (κ3) is 12.7. The van der Waals surface area contributed by atoms with E-state index < -0.39 is 5.97 Å². The summed E-state index contributed by atoms with van der Waals surface area (Å²) in [5.41, 5.74) is 4.26. The minimum absolute atomic E-state index is 0.709. The molecule has 0 aromatic heterocycles. The SMILES string of the molecule is CC(C)=CC=CC(C)=CC=CC(C)=CC=CC(C)=CC(=O)O. The van der Waals surface area contributed by atoms with Crippen LogP contribution in [-0.2, 0) is 4.79 Å². The van der Waals surface area contributed by atoms with Gasteiger partial charge in [0.05, 0.1) is 0 Å². The highest BCUT2D eigenvalue weighted by Crippen LogP contribution is 2.02. The van der Waals surface area contributed by atoms with Crippen molar-refractivity contribution in [3.05, 3.63) is 83.1 Å². The number of hydrogen-bond acceptors (Lipinski definition) is 1. The van der Waals surface area contributed by atoms with Crippen molar-refractivity contribution in [3.8, 4) is 0 Å². The zero-order valence-electron chi connectivity index (χ0n) is 14.1. The molecule has 0 heterocycles. The van der Waals surface area contributed by atoms with Crippen LogP contribution in [0.1, 0.15) is 34.6 Å². The van der Waals surface area contributed by atoms with Gasteiger partial charge in [-0.15, -0.1) is 0 Å². The Bertz CT molecular complexity index is 573. The summed E-state index contributed by atoms with van der Waals surface area (Å²) in [4.78, 5) is 10.5. The molecule has 2 nitrogen and oxygen atoms in total. The first-order chi connectivity index (χ1) is 10.3. The number of rotatable bonds is 7. The molecule has 0 aliphatic heterocycles. The Labute approximate surface area is 134 Å². The molecule has 0 fully saturated rings. The Morgan fingerprint density at radius 1 is 0.682 bits per heavy atom. The molecule has 1 N–H and O–H groups in total. The van der Waals surface area contributed by atoms with Crippen LogP contribution in [0.5, 0.6) is 0 Å². The molecule has 0 aliphatic rings. The minimum atomic E-state index is -0.926. The molecule has 0 bridgehead atoms. The number of hydrogen-bond donors (Lipinski definition) is 1. The first-order valence-electron chi connectivity index (χ1n) is 7.24. The summed E-state index contributed by atoms with van der Waals surface area (Å²) in [6.45, 7) is 9.95. The van der Waals surface area contributed by atoms with Crippen LogP contribution in [-0.4, -0.2) is 11.1 Å². The van der Waals surface area contributed by atoms with Gasteiger partial charge in [-0.05, 0) is 40.2 Å². The number of carboxylic acid groups (broad SMARTS) is 1. The lowest BCUT2D eigenvalue weighted by molar-refractivity contribution is -0.131. The van der Waals surface area contributed by atoms with Gasteiger partial charge in [-0.3, -0.25) is 0 Å². The summed E-state index contributed by atoms with van der Waals surface area (Å²) < 4.78 is 0. The van der Waals surface area contributed by atoms with Gasteiger partial charge in [0, 0.05) is 6.08 Å². The third-order valence-corrected chi connectivity index (χ3v) is 2.58. The Hall–Kier alpha value is -2.35. The summed E-state index contributed by atoms with van der Waals surface area (Å²) >= 11 is 0. The maximum absolute atomic E-state index is 10.5. The van der Waals surface area contributed by atoms with Gasteiger partial charge < -0.3 is 5.11 Å². The maximum atomic E-state index is 10.5. The van der Waals surface area contributed by atoms with E-state index in [0.29, 0.717) is 5.57 Å². The highest BCUT2D eigenvalue weighted by molar-refractivity contribution is 5.81. The summed E-state index contributed by atoms with van der Waals surface area (Å²) in [5.74, 6) is -0.926.